The van der Waals surface area contributed by atoms with Crippen LogP contribution in [0.4, 0.5) is 13.2 Å². The molecule has 2 aromatic rings. The van der Waals surface area contributed by atoms with Gasteiger partial charge < -0.3 is 9.47 Å². The molecule has 0 fully saturated rings. The van der Waals surface area contributed by atoms with Crippen molar-refractivity contribution in [3.63, 3.8) is 0 Å². The molecule has 2 rings (SSSR count). The molecule has 9 heteroatoms. The van der Waals surface area contributed by atoms with E-state index in [1.807, 2.05) is 5.43 Å². The van der Waals surface area contributed by atoms with Gasteiger partial charge in [-0.3, -0.25) is 20.4 Å². The molecule has 0 aliphatic carbocycles. The van der Waals surface area contributed by atoms with E-state index in [4.69, 9.17) is 9.47 Å². The lowest BCUT2D eigenvalue weighted by Gasteiger charge is -2.13. The van der Waals surface area contributed by atoms with Crippen molar-refractivity contribution in [3.8, 4) is 11.5 Å². The molecule has 0 unspecified atom stereocenters. The van der Waals surface area contributed by atoms with Crippen LogP contribution in [0.2, 0.25) is 0 Å². The van der Waals surface area contributed by atoms with Gasteiger partial charge >= 0.3 is 6.18 Å². The molecule has 2 aromatic carbocycles. The average Bonchev–Trinajstić information content (AvgIpc) is 2.64. The lowest BCUT2D eigenvalue weighted by atomic mass is 10.1. The van der Waals surface area contributed by atoms with Crippen LogP contribution in [0.15, 0.2) is 42.5 Å². The molecule has 26 heavy (non-hydrogen) atoms. The Balaban J connectivity index is 2.15. The van der Waals surface area contributed by atoms with E-state index >= 15 is 0 Å². The Morgan fingerprint density at radius 2 is 1.42 bits per heavy atom. The van der Waals surface area contributed by atoms with Crippen LogP contribution in [0, 0.1) is 0 Å². The summed E-state index contributed by atoms with van der Waals surface area (Å²) in [5.74, 6) is -1.17. The van der Waals surface area contributed by atoms with Gasteiger partial charge in [0.2, 0.25) is 0 Å². The van der Waals surface area contributed by atoms with Crippen molar-refractivity contribution < 1.29 is 32.2 Å². The third kappa shape index (κ3) is 4.44. The van der Waals surface area contributed by atoms with Crippen LogP contribution >= 0.6 is 0 Å². The number of nitrogens with one attached hydrogen (secondary N) is 2. The van der Waals surface area contributed by atoms with Gasteiger partial charge in [0.1, 0.15) is 11.5 Å². The first-order valence-corrected chi connectivity index (χ1v) is 7.26. The summed E-state index contributed by atoms with van der Waals surface area (Å²) in [5.41, 5.74) is 2.40. The van der Waals surface area contributed by atoms with Gasteiger partial charge in [0.15, 0.2) is 0 Å². The third-order valence-electron chi connectivity index (χ3n) is 3.38. The number of alkyl halides is 3. The first kappa shape index (κ1) is 19.1. The number of hydrazine groups is 1. The second kappa shape index (κ2) is 7.77. The molecule has 0 saturated heterocycles. The van der Waals surface area contributed by atoms with Crippen molar-refractivity contribution in [3.05, 3.63) is 59.2 Å². The van der Waals surface area contributed by atoms with Crippen LogP contribution in [-0.4, -0.2) is 26.0 Å². The van der Waals surface area contributed by atoms with Crippen molar-refractivity contribution in [2.75, 3.05) is 14.2 Å². The zero-order valence-corrected chi connectivity index (χ0v) is 13.8. The van der Waals surface area contributed by atoms with Crippen LogP contribution in [0.5, 0.6) is 11.5 Å². The molecule has 0 radical (unpaired) electrons. The highest BCUT2D eigenvalue weighted by molar-refractivity contribution is 6.00. The second-order valence-corrected chi connectivity index (χ2v) is 5.05. The van der Waals surface area contributed by atoms with Gasteiger partial charge in [0.05, 0.1) is 25.3 Å². The number of amides is 2. The molecule has 138 valence electrons. The smallest absolute Gasteiger partial charge is 0.417 e. The van der Waals surface area contributed by atoms with Crippen molar-refractivity contribution in [2.24, 2.45) is 0 Å². The van der Waals surface area contributed by atoms with Crippen LogP contribution in [-0.2, 0) is 6.18 Å². The largest absolute Gasteiger partial charge is 0.497 e. The minimum Gasteiger partial charge on any atom is -0.497 e. The highest BCUT2D eigenvalue weighted by atomic mass is 19.4. The molecular weight excluding hydrogens is 353 g/mol. The molecule has 2 N–H and O–H groups in total. The predicted molar refractivity (Wildman–Crippen MR) is 85.9 cm³/mol. The number of ether oxygens (including phenoxy) is 2. The average molecular weight is 368 g/mol. The number of carbonyl (C=O) groups excluding carboxylic acids is 2. The molecule has 2 amide bonds. The molecular formula is C17H15F3N2O4. The molecule has 0 saturated carbocycles. The summed E-state index contributed by atoms with van der Waals surface area (Å²) in [7, 11) is 2.79. The van der Waals surface area contributed by atoms with E-state index < -0.39 is 29.1 Å². The number of hydrogen-bond donors (Lipinski definition) is 2. The number of benzene rings is 2. The van der Waals surface area contributed by atoms with Crippen LogP contribution in [0.3, 0.4) is 0 Å². The fraction of sp³-hybridized carbons (Fsp3) is 0.176. The summed E-state index contributed by atoms with van der Waals surface area (Å²) in [6.45, 7) is 0. The number of hydrogen-bond acceptors (Lipinski definition) is 4. The van der Waals surface area contributed by atoms with Gasteiger partial charge in [0, 0.05) is 11.6 Å². The highest BCUT2D eigenvalue weighted by Crippen LogP contribution is 2.31. The van der Waals surface area contributed by atoms with Gasteiger partial charge in [0.25, 0.3) is 11.8 Å². The number of methoxy groups -OCH3 is 2. The number of halogens is 3. The van der Waals surface area contributed by atoms with E-state index in [9.17, 15) is 22.8 Å². The summed E-state index contributed by atoms with van der Waals surface area (Å²) in [5, 5.41) is 0. The van der Waals surface area contributed by atoms with E-state index in [1.54, 1.807) is 0 Å². The third-order valence-corrected chi connectivity index (χ3v) is 3.38. The van der Waals surface area contributed by atoms with Gasteiger partial charge in [-0.2, -0.15) is 13.2 Å². The molecule has 0 aliphatic rings. The zero-order valence-electron chi connectivity index (χ0n) is 13.8. The van der Waals surface area contributed by atoms with Crippen LogP contribution < -0.4 is 20.3 Å². The van der Waals surface area contributed by atoms with E-state index in [1.165, 1.54) is 44.6 Å². The van der Waals surface area contributed by atoms with Gasteiger partial charge in [-0.1, -0.05) is 12.1 Å². The summed E-state index contributed by atoms with van der Waals surface area (Å²) in [6, 6.07) is 8.55. The molecule has 6 nitrogen and oxygen atoms in total. The number of rotatable bonds is 4. The fourth-order valence-corrected chi connectivity index (χ4v) is 2.12. The maximum atomic E-state index is 12.9. The summed E-state index contributed by atoms with van der Waals surface area (Å²) in [4.78, 5) is 24.2. The first-order valence-electron chi connectivity index (χ1n) is 7.26. The molecule has 0 spiro atoms. The summed E-state index contributed by atoms with van der Waals surface area (Å²) < 4.78 is 48.9. The lowest BCUT2D eigenvalue weighted by Crippen LogP contribution is -2.42. The molecule has 0 aliphatic heterocycles. The Bertz CT molecular complexity index is 800. The standard InChI is InChI=1S/C17H15F3N2O4/c1-25-11-7-10(8-12(9-11)26-2)15(23)21-22-16(24)13-5-3-4-6-14(13)17(18,19)20/h3-9H,1-2H3,(H,21,23)(H,22,24). The fourth-order valence-electron chi connectivity index (χ4n) is 2.12. The Morgan fingerprint density at radius 1 is 0.885 bits per heavy atom. The van der Waals surface area contributed by atoms with Crippen LogP contribution in [0.1, 0.15) is 26.3 Å². The molecule has 0 bridgehead atoms. The molecule has 0 heterocycles. The van der Waals surface area contributed by atoms with Gasteiger partial charge in [-0.25, -0.2) is 0 Å². The monoisotopic (exact) mass is 368 g/mol. The predicted octanol–water partition coefficient (Wildman–Crippen LogP) is 2.80. The van der Waals surface area contributed by atoms with Crippen molar-refractivity contribution in [2.45, 2.75) is 6.18 Å². The molecule has 0 atom stereocenters. The van der Waals surface area contributed by atoms with Gasteiger partial charge in [-0.15, -0.1) is 0 Å². The Morgan fingerprint density at radius 3 is 1.96 bits per heavy atom. The Labute approximate surface area is 146 Å². The van der Waals surface area contributed by atoms with Crippen molar-refractivity contribution in [1.29, 1.82) is 0 Å². The zero-order chi connectivity index (χ0) is 19.3. The topological polar surface area (TPSA) is 76.7 Å². The van der Waals surface area contributed by atoms with E-state index in [-0.39, 0.29) is 5.56 Å². The van der Waals surface area contributed by atoms with Crippen LogP contribution in [0.25, 0.3) is 0 Å². The quantitative estimate of drug-likeness (QED) is 0.814. The summed E-state index contributed by atoms with van der Waals surface area (Å²) >= 11 is 0. The van der Waals surface area contributed by atoms with Crippen molar-refractivity contribution >= 4 is 11.8 Å². The van der Waals surface area contributed by atoms with E-state index in [0.29, 0.717) is 11.5 Å². The van der Waals surface area contributed by atoms with E-state index in [2.05, 4.69) is 5.43 Å². The highest BCUT2D eigenvalue weighted by Gasteiger charge is 2.34. The Hall–Kier alpha value is -3.23. The SMILES string of the molecule is COc1cc(OC)cc(C(=O)NNC(=O)c2ccccc2C(F)(F)F)c1. The van der Waals surface area contributed by atoms with Gasteiger partial charge in [-0.05, 0) is 24.3 Å². The second-order valence-electron chi connectivity index (χ2n) is 5.05. The number of carbonyl (C=O) groups is 2. The maximum absolute atomic E-state index is 12.9. The minimum absolute atomic E-state index is 0.0885. The first-order chi connectivity index (χ1) is 12.3. The summed E-state index contributed by atoms with van der Waals surface area (Å²) in [6.07, 6.45) is -4.70. The normalized spacial score (nSPS) is 10.8. The Kier molecular flexibility index (Phi) is 5.71. The van der Waals surface area contributed by atoms with Crippen molar-refractivity contribution in [1.82, 2.24) is 10.9 Å². The molecule has 0 aromatic heterocycles. The van der Waals surface area contributed by atoms with E-state index in [0.717, 1.165) is 12.1 Å². The minimum atomic E-state index is -4.70. The lowest BCUT2D eigenvalue weighted by molar-refractivity contribution is -0.137. The maximum Gasteiger partial charge on any atom is 0.417 e.